The number of ether oxygens (including phenoxy) is 2. The van der Waals surface area contributed by atoms with Crippen molar-refractivity contribution in [1.29, 1.82) is 0 Å². The number of anilines is 1. The molecule has 1 fully saturated rings. The van der Waals surface area contributed by atoms with E-state index in [0.29, 0.717) is 6.54 Å². The Morgan fingerprint density at radius 1 is 1.15 bits per heavy atom. The molecule has 1 heterocycles. The quantitative estimate of drug-likeness (QED) is 0.815. The van der Waals surface area contributed by atoms with E-state index < -0.39 is 6.36 Å². The van der Waals surface area contributed by atoms with Crippen LogP contribution in [0.2, 0.25) is 0 Å². The number of carbonyl (C=O) groups excluding carboxylic acids is 1. The number of hydrogen-bond donors (Lipinski definition) is 1. The first kappa shape index (κ1) is 18.9. The fourth-order valence-electron chi connectivity index (χ4n) is 3.15. The van der Waals surface area contributed by atoms with E-state index in [0.717, 1.165) is 30.2 Å². The molecule has 2 aromatic rings. The van der Waals surface area contributed by atoms with Crippen molar-refractivity contribution in [3.05, 3.63) is 54.1 Å². The molecular formula is C19H19F3N2O3. The average Bonchev–Trinajstić information content (AvgIpc) is 3.10. The van der Waals surface area contributed by atoms with E-state index >= 15 is 0 Å². The summed E-state index contributed by atoms with van der Waals surface area (Å²) in [6.07, 6.45) is -3.12. The third-order valence-corrected chi connectivity index (χ3v) is 4.33. The van der Waals surface area contributed by atoms with E-state index in [1.165, 1.54) is 18.2 Å². The molecule has 1 saturated heterocycles. The van der Waals surface area contributed by atoms with Crippen LogP contribution in [0.25, 0.3) is 0 Å². The molecule has 0 bridgehead atoms. The monoisotopic (exact) mass is 380 g/mol. The van der Waals surface area contributed by atoms with Crippen LogP contribution in [0.5, 0.6) is 11.5 Å². The number of carbonyl (C=O) groups is 1. The van der Waals surface area contributed by atoms with Crippen molar-refractivity contribution >= 4 is 11.7 Å². The molecule has 144 valence electrons. The summed E-state index contributed by atoms with van der Waals surface area (Å²) in [5.41, 5.74) is 1.22. The van der Waals surface area contributed by atoms with Gasteiger partial charge in [-0.3, -0.25) is 0 Å². The van der Waals surface area contributed by atoms with E-state index in [1.807, 2.05) is 24.3 Å². The van der Waals surface area contributed by atoms with Crippen LogP contribution in [0.1, 0.15) is 24.4 Å². The van der Waals surface area contributed by atoms with Gasteiger partial charge in [0.15, 0.2) is 0 Å². The number of likely N-dealkylation sites (tertiary alicyclic amines) is 1. The molecule has 2 amide bonds. The lowest BCUT2D eigenvalue weighted by Crippen LogP contribution is -2.34. The summed E-state index contributed by atoms with van der Waals surface area (Å²) >= 11 is 0. The molecule has 0 aromatic heterocycles. The summed E-state index contributed by atoms with van der Waals surface area (Å²) in [7, 11) is 1.58. The summed E-state index contributed by atoms with van der Waals surface area (Å²) in [5.74, 6) is 0.350. The van der Waals surface area contributed by atoms with E-state index in [1.54, 1.807) is 12.0 Å². The van der Waals surface area contributed by atoms with Gasteiger partial charge in [-0.05, 0) is 42.7 Å². The Balaban J connectivity index is 1.70. The fraction of sp³-hybridized carbons (Fsp3) is 0.316. The Kier molecular flexibility index (Phi) is 5.43. The van der Waals surface area contributed by atoms with Crippen molar-refractivity contribution in [3.8, 4) is 11.5 Å². The van der Waals surface area contributed by atoms with E-state index in [2.05, 4.69) is 10.1 Å². The van der Waals surface area contributed by atoms with Crippen molar-refractivity contribution in [1.82, 2.24) is 4.90 Å². The van der Waals surface area contributed by atoms with Crippen LogP contribution < -0.4 is 14.8 Å². The third-order valence-electron chi connectivity index (χ3n) is 4.33. The highest BCUT2D eigenvalue weighted by atomic mass is 19.4. The summed E-state index contributed by atoms with van der Waals surface area (Å²) < 4.78 is 46.1. The zero-order chi connectivity index (χ0) is 19.4. The molecule has 8 heteroatoms. The van der Waals surface area contributed by atoms with Crippen LogP contribution >= 0.6 is 0 Å². The van der Waals surface area contributed by atoms with Crippen LogP contribution in [0.3, 0.4) is 0 Å². The van der Waals surface area contributed by atoms with Gasteiger partial charge in [0.05, 0.1) is 13.2 Å². The van der Waals surface area contributed by atoms with Gasteiger partial charge in [-0.25, -0.2) is 4.79 Å². The lowest BCUT2D eigenvalue weighted by Gasteiger charge is -2.25. The number of methoxy groups -OCH3 is 1. The normalized spacial score (nSPS) is 16.9. The molecule has 0 radical (unpaired) electrons. The van der Waals surface area contributed by atoms with E-state index in [4.69, 9.17) is 4.74 Å². The predicted molar refractivity (Wildman–Crippen MR) is 93.8 cm³/mol. The summed E-state index contributed by atoms with van der Waals surface area (Å²) in [6, 6.07) is 12.3. The Bertz CT molecular complexity index is 794. The maximum atomic E-state index is 12.6. The Morgan fingerprint density at radius 3 is 2.56 bits per heavy atom. The second-order valence-corrected chi connectivity index (χ2v) is 6.13. The minimum absolute atomic E-state index is 0.0921. The third kappa shape index (κ3) is 4.84. The molecule has 1 unspecified atom stereocenters. The highest BCUT2D eigenvalue weighted by Crippen LogP contribution is 2.33. The van der Waals surface area contributed by atoms with Crippen LogP contribution in [0.15, 0.2) is 48.5 Å². The Hall–Kier alpha value is -2.90. The number of hydrogen-bond acceptors (Lipinski definition) is 3. The highest BCUT2D eigenvalue weighted by molar-refractivity contribution is 5.90. The van der Waals surface area contributed by atoms with Crippen LogP contribution in [-0.2, 0) is 0 Å². The van der Waals surface area contributed by atoms with Gasteiger partial charge in [0.25, 0.3) is 0 Å². The molecule has 1 aliphatic heterocycles. The molecule has 1 aliphatic rings. The van der Waals surface area contributed by atoms with Crippen molar-refractivity contribution in [2.75, 3.05) is 19.0 Å². The van der Waals surface area contributed by atoms with Crippen molar-refractivity contribution in [3.63, 3.8) is 0 Å². The molecular weight excluding hydrogens is 361 g/mol. The van der Waals surface area contributed by atoms with E-state index in [-0.39, 0.29) is 23.5 Å². The molecule has 2 aromatic carbocycles. The number of urea groups is 1. The summed E-state index contributed by atoms with van der Waals surface area (Å²) in [4.78, 5) is 14.3. The maximum Gasteiger partial charge on any atom is 0.573 e. The summed E-state index contributed by atoms with van der Waals surface area (Å²) in [6.45, 7) is 0.571. The van der Waals surface area contributed by atoms with Crippen LogP contribution in [0, 0.1) is 0 Å². The van der Waals surface area contributed by atoms with Gasteiger partial charge in [0.1, 0.15) is 11.5 Å². The Morgan fingerprint density at radius 2 is 1.89 bits per heavy atom. The van der Waals surface area contributed by atoms with Gasteiger partial charge in [-0.15, -0.1) is 13.2 Å². The number of nitrogens with one attached hydrogen (secondary N) is 1. The second-order valence-electron chi connectivity index (χ2n) is 6.13. The van der Waals surface area contributed by atoms with Gasteiger partial charge in [0, 0.05) is 18.3 Å². The molecule has 27 heavy (non-hydrogen) atoms. The number of nitrogens with zero attached hydrogens (tertiary/aromatic N) is 1. The van der Waals surface area contributed by atoms with Crippen LogP contribution in [-0.4, -0.2) is 30.9 Å². The standard InChI is InChI=1S/C19H19F3N2O3/c1-26-15-9-7-13(8-10-15)17-6-3-11-24(17)18(25)23-14-4-2-5-16(12-14)27-19(20,21)22/h2,4-5,7-10,12,17H,3,6,11H2,1H3,(H,23,25). The number of halogens is 3. The van der Waals surface area contributed by atoms with Gasteiger partial charge in [-0.2, -0.15) is 0 Å². The SMILES string of the molecule is COc1ccc(C2CCCN2C(=O)Nc2cccc(OC(F)(F)F)c2)cc1. The minimum Gasteiger partial charge on any atom is -0.497 e. The molecule has 0 aliphatic carbocycles. The lowest BCUT2D eigenvalue weighted by molar-refractivity contribution is -0.274. The van der Waals surface area contributed by atoms with Crippen LogP contribution in [0.4, 0.5) is 23.7 Å². The fourth-order valence-corrected chi connectivity index (χ4v) is 3.15. The van der Waals surface area contributed by atoms with E-state index in [9.17, 15) is 18.0 Å². The van der Waals surface area contributed by atoms with Gasteiger partial charge < -0.3 is 19.7 Å². The van der Waals surface area contributed by atoms with Gasteiger partial charge in [0.2, 0.25) is 0 Å². The van der Waals surface area contributed by atoms with Gasteiger partial charge in [-0.1, -0.05) is 18.2 Å². The number of rotatable bonds is 4. The maximum absolute atomic E-state index is 12.6. The first-order valence-electron chi connectivity index (χ1n) is 8.43. The molecule has 0 saturated carbocycles. The first-order valence-corrected chi connectivity index (χ1v) is 8.43. The number of amides is 2. The zero-order valence-corrected chi connectivity index (χ0v) is 14.6. The summed E-state index contributed by atoms with van der Waals surface area (Å²) in [5, 5.41) is 2.65. The minimum atomic E-state index is -4.78. The lowest BCUT2D eigenvalue weighted by atomic mass is 10.0. The molecule has 1 N–H and O–H groups in total. The largest absolute Gasteiger partial charge is 0.573 e. The highest BCUT2D eigenvalue weighted by Gasteiger charge is 2.32. The molecule has 3 rings (SSSR count). The van der Waals surface area contributed by atoms with Crippen molar-refractivity contribution in [2.24, 2.45) is 0 Å². The smallest absolute Gasteiger partial charge is 0.497 e. The number of benzene rings is 2. The zero-order valence-electron chi connectivity index (χ0n) is 14.6. The Labute approximate surface area is 154 Å². The van der Waals surface area contributed by atoms with Crippen molar-refractivity contribution in [2.45, 2.75) is 25.2 Å². The second kappa shape index (κ2) is 7.77. The average molecular weight is 380 g/mol. The van der Waals surface area contributed by atoms with Crippen molar-refractivity contribution < 1.29 is 27.4 Å². The first-order chi connectivity index (χ1) is 12.9. The molecule has 1 atom stereocenters. The topological polar surface area (TPSA) is 50.8 Å². The molecule has 0 spiro atoms. The number of alkyl halides is 3. The predicted octanol–water partition coefficient (Wildman–Crippen LogP) is 4.96. The molecule has 5 nitrogen and oxygen atoms in total. The van der Waals surface area contributed by atoms with Gasteiger partial charge >= 0.3 is 12.4 Å².